The second kappa shape index (κ2) is 15.2. The van der Waals surface area contributed by atoms with Gasteiger partial charge in [-0.25, -0.2) is 9.69 Å². The summed E-state index contributed by atoms with van der Waals surface area (Å²) in [5.41, 5.74) is 9.44. The monoisotopic (exact) mass is 843 g/mol. The van der Waals surface area contributed by atoms with E-state index in [1.165, 1.54) is 6.07 Å². The first-order chi connectivity index (χ1) is 31.5. The van der Waals surface area contributed by atoms with E-state index >= 15 is 0 Å². The lowest BCUT2D eigenvalue weighted by atomic mass is 9.93. The van der Waals surface area contributed by atoms with Gasteiger partial charge in [0.05, 0.1) is 87.0 Å². The fourth-order valence-electron chi connectivity index (χ4n) is 9.11. The van der Waals surface area contributed by atoms with E-state index in [9.17, 15) is 29.0 Å². The number of hydrogen-bond acceptors (Lipinski definition) is 3. The van der Waals surface area contributed by atoms with Crippen LogP contribution in [0.15, 0.2) is 152 Å². The van der Waals surface area contributed by atoms with Crippen molar-refractivity contribution in [2.75, 3.05) is 0 Å². The van der Waals surface area contributed by atoms with Gasteiger partial charge in [0.25, 0.3) is 0 Å². The van der Waals surface area contributed by atoms with Crippen LogP contribution in [-0.2, 0) is 6.18 Å². The van der Waals surface area contributed by atoms with E-state index in [1.807, 2.05) is 94.1 Å². The summed E-state index contributed by atoms with van der Waals surface area (Å²) in [6, 6.07) is 51.3. The molecule has 0 atom stereocenters. The summed E-state index contributed by atoms with van der Waals surface area (Å²) in [4.78, 5) is 7.23. The maximum absolute atomic E-state index is 14.3. The highest BCUT2D eigenvalue weighted by molar-refractivity contribution is 6.13. The largest absolute Gasteiger partial charge is 0.416 e. The van der Waals surface area contributed by atoms with E-state index in [1.54, 1.807) is 55.5 Å². The van der Waals surface area contributed by atoms with Gasteiger partial charge in [0.15, 0.2) is 11.4 Å². The molecule has 0 amide bonds. The summed E-state index contributed by atoms with van der Waals surface area (Å²) in [5, 5.41) is 33.8. The molecule has 304 valence electrons. The molecule has 0 aliphatic rings. The third kappa shape index (κ3) is 6.40. The number of hydrogen-bond donors (Lipinski definition) is 0. The Bertz CT molecular complexity index is 3690. The molecular weight excluding hydrogens is 816 g/mol. The molecule has 0 bridgehead atoms. The first kappa shape index (κ1) is 39.7. The van der Waals surface area contributed by atoms with Crippen molar-refractivity contribution in [1.29, 1.82) is 15.8 Å². The predicted octanol–water partition coefficient (Wildman–Crippen LogP) is 14.9. The highest BCUT2D eigenvalue weighted by atomic mass is 19.4. The number of fused-ring (bicyclic) bond motifs is 6. The molecule has 0 unspecified atom stereocenters. The number of para-hydroxylation sites is 2. The van der Waals surface area contributed by atoms with Gasteiger partial charge in [-0.1, -0.05) is 78.9 Å². The van der Waals surface area contributed by atoms with E-state index in [2.05, 4.69) is 27.9 Å². The molecular formula is C55H28F3N7. The molecule has 0 aliphatic carbocycles. The number of halogens is 3. The summed E-state index contributed by atoms with van der Waals surface area (Å²) in [7, 11) is 0. The van der Waals surface area contributed by atoms with Crippen molar-refractivity contribution in [1.82, 2.24) is 9.13 Å². The van der Waals surface area contributed by atoms with Crippen LogP contribution in [0.5, 0.6) is 0 Å². The van der Waals surface area contributed by atoms with Crippen LogP contribution in [0, 0.1) is 54.1 Å². The van der Waals surface area contributed by atoms with E-state index in [4.69, 9.17) is 13.1 Å². The van der Waals surface area contributed by atoms with Gasteiger partial charge in [0.1, 0.15) is 0 Å². The topological polar surface area (TPSA) is 90.0 Å². The zero-order valence-electron chi connectivity index (χ0n) is 34.2. The SMILES string of the molecule is [C-]#[N+]c1ccc(-c2ccc3c(c2)c2ccccc2n3-c2cc(C#N)cc(-n3c4ccccc4c4cc(-c5ccc(C#N)cc5C#N)ccc43)c2-c2ccc(C(F)(F)F)cc2C)c([N+]#[C-])c1. The summed E-state index contributed by atoms with van der Waals surface area (Å²) < 4.78 is 46.9. The van der Waals surface area contributed by atoms with Crippen LogP contribution >= 0.6 is 0 Å². The lowest BCUT2D eigenvalue weighted by Crippen LogP contribution is -2.08. The molecule has 8 aromatic carbocycles. The summed E-state index contributed by atoms with van der Waals surface area (Å²) in [5.74, 6) is 0. The van der Waals surface area contributed by atoms with E-state index in [0.29, 0.717) is 67.3 Å². The summed E-state index contributed by atoms with van der Waals surface area (Å²) in [6.45, 7) is 17.0. The number of rotatable bonds is 5. The third-order valence-electron chi connectivity index (χ3n) is 12.0. The third-order valence-corrected chi connectivity index (χ3v) is 12.0. The van der Waals surface area contributed by atoms with Crippen molar-refractivity contribution in [3.63, 3.8) is 0 Å². The molecule has 10 aromatic rings. The molecule has 10 heteroatoms. The Labute approximate surface area is 370 Å². The van der Waals surface area contributed by atoms with Crippen LogP contribution in [0.3, 0.4) is 0 Å². The number of nitrogens with zero attached hydrogens (tertiary/aromatic N) is 7. The molecule has 2 aromatic heterocycles. The minimum absolute atomic E-state index is 0.311. The Balaban J connectivity index is 1.31. The van der Waals surface area contributed by atoms with Crippen molar-refractivity contribution < 1.29 is 13.2 Å². The molecule has 0 saturated carbocycles. The van der Waals surface area contributed by atoms with Crippen molar-refractivity contribution in [2.45, 2.75) is 13.1 Å². The van der Waals surface area contributed by atoms with Crippen molar-refractivity contribution in [3.05, 3.63) is 202 Å². The van der Waals surface area contributed by atoms with Gasteiger partial charge in [0.2, 0.25) is 0 Å². The molecule has 0 N–H and O–H groups in total. The maximum atomic E-state index is 14.3. The smallest absolute Gasteiger partial charge is 0.308 e. The number of aryl methyl sites for hydroxylation is 1. The van der Waals surface area contributed by atoms with Gasteiger partial charge in [-0.05, 0) is 113 Å². The highest BCUT2D eigenvalue weighted by Gasteiger charge is 2.32. The molecule has 0 spiro atoms. The Kier molecular flexibility index (Phi) is 9.29. The number of benzene rings is 8. The predicted molar refractivity (Wildman–Crippen MR) is 248 cm³/mol. The number of aromatic nitrogens is 2. The van der Waals surface area contributed by atoms with Gasteiger partial charge in [0, 0.05) is 27.1 Å². The van der Waals surface area contributed by atoms with E-state index in [-0.39, 0.29) is 0 Å². The first-order valence-electron chi connectivity index (χ1n) is 20.2. The van der Waals surface area contributed by atoms with Crippen LogP contribution in [0.25, 0.3) is 98.1 Å². The quantitative estimate of drug-likeness (QED) is 0.162. The lowest BCUT2D eigenvalue weighted by molar-refractivity contribution is -0.137. The fraction of sp³-hybridized carbons (Fsp3) is 0.0364. The lowest BCUT2D eigenvalue weighted by Gasteiger charge is -2.22. The van der Waals surface area contributed by atoms with Crippen LogP contribution in [-0.4, -0.2) is 9.13 Å². The number of alkyl halides is 3. The van der Waals surface area contributed by atoms with Gasteiger partial charge in [-0.3, -0.25) is 0 Å². The molecule has 0 radical (unpaired) electrons. The van der Waals surface area contributed by atoms with Gasteiger partial charge in [-0.15, -0.1) is 0 Å². The molecule has 0 aliphatic heterocycles. The van der Waals surface area contributed by atoms with Crippen LogP contribution in [0.1, 0.15) is 27.8 Å². The van der Waals surface area contributed by atoms with Crippen LogP contribution in [0.2, 0.25) is 0 Å². The van der Waals surface area contributed by atoms with Crippen molar-refractivity contribution in [2.24, 2.45) is 0 Å². The van der Waals surface area contributed by atoms with E-state index in [0.717, 1.165) is 66.9 Å². The highest BCUT2D eigenvalue weighted by Crippen LogP contribution is 2.46. The Morgan fingerprint density at radius 1 is 0.508 bits per heavy atom. The van der Waals surface area contributed by atoms with Gasteiger partial charge in [-0.2, -0.15) is 29.0 Å². The zero-order valence-corrected chi connectivity index (χ0v) is 34.2. The minimum Gasteiger partial charge on any atom is -0.308 e. The second-order valence-corrected chi connectivity index (χ2v) is 15.6. The minimum atomic E-state index is -4.58. The second-order valence-electron chi connectivity index (χ2n) is 15.6. The van der Waals surface area contributed by atoms with Gasteiger partial charge < -0.3 is 9.13 Å². The van der Waals surface area contributed by atoms with E-state index < -0.39 is 11.7 Å². The number of nitriles is 3. The molecule has 2 heterocycles. The first-order valence-corrected chi connectivity index (χ1v) is 20.2. The summed E-state index contributed by atoms with van der Waals surface area (Å²) >= 11 is 0. The molecule has 0 saturated heterocycles. The Hall–Kier alpha value is -9.40. The maximum Gasteiger partial charge on any atom is 0.416 e. The molecule has 0 fully saturated rings. The fourth-order valence-corrected chi connectivity index (χ4v) is 9.11. The average Bonchev–Trinajstić information content (AvgIpc) is 3.85. The molecule has 65 heavy (non-hydrogen) atoms. The normalized spacial score (nSPS) is 11.3. The summed E-state index contributed by atoms with van der Waals surface area (Å²) in [6.07, 6.45) is -4.58. The Morgan fingerprint density at radius 2 is 1.06 bits per heavy atom. The molecule has 7 nitrogen and oxygen atoms in total. The Morgan fingerprint density at radius 3 is 1.60 bits per heavy atom. The molecule has 10 rings (SSSR count). The van der Waals surface area contributed by atoms with Gasteiger partial charge >= 0.3 is 6.18 Å². The average molecular weight is 844 g/mol. The zero-order chi connectivity index (χ0) is 45.1. The van der Waals surface area contributed by atoms with Crippen molar-refractivity contribution >= 4 is 55.0 Å². The van der Waals surface area contributed by atoms with Crippen LogP contribution in [0.4, 0.5) is 24.5 Å². The van der Waals surface area contributed by atoms with Crippen LogP contribution < -0.4 is 0 Å². The van der Waals surface area contributed by atoms with Crippen molar-refractivity contribution in [3.8, 4) is 63.0 Å². The standard InChI is InChI=1S/C55H28F3N7/c1-32-22-38(55(56,57)58)15-18-40(32)54-52(64-48-10-6-4-8-43(48)45-26-35(13-20-50(45)64)41-17-12-33(29-59)23-37(41)31-61)24-34(30-60)25-53(54)65-49-11-7-5-9-44(49)46-27-36(14-21-51(46)65)42-19-16-39(62-2)28-47(42)63-3/h4-28H,1H3.